The van der Waals surface area contributed by atoms with Gasteiger partial charge in [0.15, 0.2) is 0 Å². The first kappa shape index (κ1) is 35.5. The van der Waals surface area contributed by atoms with Gasteiger partial charge in [-0.05, 0) is 162 Å². The molecule has 1 heteroatoms. The van der Waals surface area contributed by atoms with Crippen molar-refractivity contribution in [2.24, 2.45) is 0 Å². The third-order valence-electron chi connectivity index (χ3n) is 13.5. The maximum atomic E-state index is 2.50. The fourth-order valence-corrected chi connectivity index (χ4v) is 10.6. The summed E-state index contributed by atoms with van der Waals surface area (Å²) in [5.41, 5.74) is 21.8. The van der Waals surface area contributed by atoms with Crippen LogP contribution in [0.25, 0.3) is 66.1 Å². The first-order valence-electron chi connectivity index (χ1n) is 21.0. The summed E-state index contributed by atoms with van der Waals surface area (Å²) < 4.78 is 0. The topological polar surface area (TPSA) is 3.24 Å². The van der Waals surface area contributed by atoms with Gasteiger partial charge in [-0.2, -0.15) is 0 Å². The Morgan fingerprint density at radius 3 is 1.36 bits per heavy atom. The van der Waals surface area contributed by atoms with Crippen LogP contribution in [0.2, 0.25) is 0 Å². The van der Waals surface area contributed by atoms with Crippen molar-refractivity contribution in [1.29, 1.82) is 0 Å². The highest BCUT2D eigenvalue weighted by Crippen LogP contribution is 2.54. The number of anilines is 3. The molecule has 0 amide bonds. The fourth-order valence-electron chi connectivity index (χ4n) is 10.6. The summed E-state index contributed by atoms with van der Waals surface area (Å²) in [5, 5.41) is 5.13. The average Bonchev–Trinajstić information content (AvgIpc) is 3.61. The van der Waals surface area contributed by atoms with Crippen molar-refractivity contribution < 1.29 is 0 Å². The smallest absolute Gasteiger partial charge is 0.0465 e. The number of nitrogens with zero attached hydrogens (tertiary/aromatic N) is 1. The second kappa shape index (κ2) is 12.9. The Labute approximate surface area is 348 Å². The van der Waals surface area contributed by atoms with Crippen LogP contribution in [-0.2, 0) is 10.8 Å². The summed E-state index contributed by atoms with van der Waals surface area (Å²) in [6.45, 7) is 13.9. The van der Waals surface area contributed by atoms with Gasteiger partial charge in [0.1, 0.15) is 0 Å². The van der Waals surface area contributed by atoms with Gasteiger partial charge < -0.3 is 4.90 Å². The number of hydrogen-bond donors (Lipinski definition) is 0. The summed E-state index contributed by atoms with van der Waals surface area (Å²) in [6.07, 6.45) is 0. The molecule has 0 heterocycles. The number of fused-ring (bicyclic) bond motifs is 8. The van der Waals surface area contributed by atoms with Crippen LogP contribution in [-0.4, -0.2) is 0 Å². The lowest BCUT2D eigenvalue weighted by atomic mass is 9.80. The Kier molecular flexibility index (Phi) is 7.75. The van der Waals surface area contributed by atoms with Crippen LogP contribution in [0.1, 0.15) is 61.1 Å². The van der Waals surface area contributed by atoms with E-state index in [0.29, 0.717) is 0 Å². The van der Waals surface area contributed by atoms with Crippen LogP contribution in [0.3, 0.4) is 0 Å². The molecule has 2 aliphatic carbocycles. The fraction of sp³-hybridized carbons (Fsp3) is 0.138. The molecule has 59 heavy (non-hydrogen) atoms. The van der Waals surface area contributed by atoms with E-state index in [1.54, 1.807) is 0 Å². The Bertz CT molecular complexity index is 3090. The van der Waals surface area contributed by atoms with E-state index < -0.39 is 0 Å². The van der Waals surface area contributed by atoms with E-state index in [9.17, 15) is 0 Å². The molecule has 11 rings (SSSR count). The zero-order chi connectivity index (χ0) is 40.2. The van der Waals surface area contributed by atoms with E-state index in [4.69, 9.17) is 0 Å². The molecule has 284 valence electrons. The molecule has 0 aliphatic heterocycles. The number of rotatable bonds is 5. The SMILES string of the molecule is Cc1cccc(N(c2cccc(C)c2)c2ccc3c(c2)C(C)(C)c2cc(-c4c5ccccc5c(-c5ccc6c(c5)-c5ccccc5C6(C)C)c5ccccc45)ccc2-3)c1. The summed E-state index contributed by atoms with van der Waals surface area (Å²) >= 11 is 0. The largest absolute Gasteiger partial charge is 0.310 e. The Morgan fingerprint density at radius 2 is 0.763 bits per heavy atom. The molecule has 0 spiro atoms. The predicted molar refractivity (Wildman–Crippen MR) is 252 cm³/mol. The third kappa shape index (κ3) is 5.31. The lowest BCUT2D eigenvalue weighted by molar-refractivity contribution is 0.660. The van der Waals surface area contributed by atoms with Crippen LogP contribution in [0.15, 0.2) is 176 Å². The second-order valence-corrected chi connectivity index (χ2v) is 17.9. The van der Waals surface area contributed by atoms with Crippen molar-refractivity contribution in [3.63, 3.8) is 0 Å². The number of benzene rings is 9. The van der Waals surface area contributed by atoms with Gasteiger partial charge in [-0.3, -0.25) is 0 Å². The number of aryl methyl sites for hydroxylation is 2. The Hall–Kier alpha value is -6.70. The van der Waals surface area contributed by atoms with E-state index >= 15 is 0 Å². The van der Waals surface area contributed by atoms with Crippen molar-refractivity contribution in [3.8, 4) is 44.5 Å². The minimum atomic E-state index is -0.207. The molecule has 0 unspecified atom stereocenters. The third-order valence-corrected chi connectivity index (χ3v) is 13.5. The van der Waals surface area contributed by atoms with Crippen LogP contribution in [0.4, 0.5) is 17.1 Å². The van der Waals surface area contributed by atoms with Gasteiger partial charge >= 0.3 is 0 Å². The van der Waals surface area contributed by atoms with Gasteiger partial charge in [0.25, 0.3) is 0 Å². The molecule has 9 aromatic rings. The van der Waals surface area contributed by atoms with Crippen molar-refractivity contribution >= 4 is 38.6 Å². The van der Waals surface area contributed by atoms with E-state index in [2.05, 4.69) is 222 Å². The van der Waals surface area contributed by atoms with Gasteiger partial charge in [-0.1, -0.05) is 155 Å². The van der Waals surface area contributed by atoms with Gasteiger partial charge in [0.2, 0.25) is 0 Å². The highest BCUT2D eigenvalue weighted by atomic mass is 15.1. The maximum absolute atomic E-state index is 2.50. The van der Waals surface area contributed by atoms with Crippen LogP contribution in [0.5, 0.6) is 0 Å². The van der Waals surface area contributed by atoms with Crippen LogP contribution in [0, 0.1) is 13.8 Å². The molecule has 0 fully saturated rings. The highest BCUT2D eigenvalue weighted by Gasteiger charge is 2.37. The molecule has 0 radical (unpaired) electrons. The standard InChI is InChI=1S/C58H47N/c1-36-15-13-17-40(31-36)59(41-18-14-16-37(2)32-41)42-27-29-45-44-28-25-39(34-53(44)58(5,6)54(45)35-42)56-48-22-9-7-20-46(48)55(47-21-8-10-23-49(47)56)38-26-30-52-50(33-38)43-19-11-12-24-51(43)57(52,3)4/h7-35H,1-6H3. The maximum Gasteiger partial charge on any atom is 0.0465 e. The molecule has 0 atom stereocenters. The zero-order valence-corrected chi connectivity index (χ0v) is 34.7. The minimum absolute atomic E-state index is 0.0254. The van der Waals surface area contributed by atoms with Gasteiger partial charge in [-0.25, -0.2) is 0 Å². The lowest BCUT2D eigenvalue weighted by Crippen LogP contribution is -2.16. The minimum Gasteiger partial charge on any atom is -0.310 e. The van der Waals surface area contributed by atoms with Gasteiger partial charge in [0.05, 0.1) is 0 Å². The molecule has 1 nitrogen and oxygen atoms in total. The second-order valence-electron chi connectivity index (χ2n) is 17.9. The molecule has 0 aromatic heterocycles. The first-order valence-corrected chi connectivity index (χ1v) is 21.0. The molecule has 0 bridgehead atoms. The van der Waals surface area contributed by atoms with Crippen molar-refractivity contribution in [1.82, 2.24) is 0 Å². The van der Waals surface area contributed by atoms with Crippen molar-refractivity contribution in [2.45, 2.75) is 52.4 Å². The number of hydrogen-bond acceptors (Lipinski definition) is 1. The van der Waals surface area contributed by atoms with Gasteiger partial charge in [0, 0.05) is 27.9 Å². The van der Waals surface area contributed by atoms with Crippen LogP contribution < -0.4 is 4.90 Å². The summed E-state index contributed by atoms with van der Waals surface area (Å²) in [5.74, 6) is 0. The molecule has 0 saturated carbocycles. The molecule has 0 N–H and O–H groups in total. The lowest BCUT2D eigenvalue weighted by Gasteiger charge is -2.28. The summed E-state index contributed by atoms with van der Waals surface area (Å²) in [7, 11) is 0. The summed E-state index contributed by atoms with van der Waals surface area (Å²) in [6, 6.07) is 66.3. The normalized spacial score (nSPS) is 14.2. The van der Waals surface area contributed by atoms with E-state index in [0.717, 1.165) is 0 Å². The quantitative estimate of drug-likeness (QED) is 0.158. The molecular weight excluding hydrogens is 711 g/mol. The zero-order valence-electron chi connectivity index (χ0n) is 34.7. The first-order chi connectivity index (χ1) is 28.6. The van der Waals surface area contributed by atoms with E-state index in [1.165, 1.54) is 116 Å². The highest BCUT2D eigenvalue weighted by molar-refractivity contribution is 6.21. The summed E-state index contributed by atoms with van der Waals surface area (Å²) in [4.78, 5) is 2.41. The molecule has 9 aromatic carbocycles. The predicted octanol–water partition coefficient (Wildman–Crippen LogP) is 16.0. The van der Waals surface area contributed by atoms with E-state index in [-0.39, 0.29) is 10.8 Å². The van der Waals surface area contributed by atoms with E-state index in [1.807, 2.05) is 0 Å². The molecular formula is C58H47N. The van der Waals surface area contributed by atoms with Gasteiger partial charge in [-0.15, -0.1) is 0 Å². The van der Waals surface area contributed by atoms with Crippen molar-refractivity contribution in [2.75, 3.05) is 4.90 Å². The Morgan fingerprint density at radius 1 is 0.322 bits per heavy atom. The monoisotopic (exact) mass is 757 g/mol. The molecule has 2 aliphatic rings. The average molecular weight is 758 g/mol. The molecule has 0 saturated heterocycles. The van der Waals surface area contributed by atoms with Crippen molar-refractivity contribution in [3.05, 3.63) is 209 Å². The van der Waals surface area contributed by atoms with Crippen LogP contribution >= 0.6 is 0 Å². The Balaban J connectivity index is 1.06.